The molecule has 2 rings (SSSR count). The maximum atomic E-state index is 13.3. The van der Waals surface area contributed by atoms with Gasteiger partial charge in [0.25, 0.3) is 0 Å². The summed E-state index contributed by atoms with van der Waals surface area (Å²) >= 11 is 13.9. The van der Waals surface area contributed by atoms with Crippen LogP contribution in [0.5, 0.6) is 0 Å². The molecule has 0 aliphatic heterocycles. The van der Waals surface area contributed by atoms with Crippen molar-refractivity contribution in [1.82, 2.24) is 10.2 Å². The van der Waals surface area contributed by atoms with E-state index in [1.807, 2.05) is 38.1 Å². The van der Waals surface area contributed by atoms with E-state index in [4.69, 9.17) is 23.2 Å². The van der Waals surface area contributed by atoms with E-state index in [1.54, 1.807) is 23.1 Å². The molecular formula is C24H30Cl2N2O2S. The molecule has 0 unspecified atom stereocenters. The zero-order valence-corrected chi connectivity index (χ0v) is 20.6. The topological polar surface area (TPSA) is 49.4 Å². The van der Waals surface area contributed by atoms with Crippen molar-refractivity contribution in [2.45, 2.75) is 57.5 Å². The SMILES string of the molecule is CCCCNC(=O)[C@@H](CC)N(Cc1ccc(Cl)cc1Cl)C(=O)CSc1ccc(C)cc1. The largest absolute Gasteiger partial charge is 0.354 e. The fourth-order valence-electron chi connectivity index (χ4n) is 3.12. The predicted molar refractivity (Wildman–Crippen MR) is 131 cm³/mol. The van der Waals surface area contributed by atoms with Gasteiger partial charge in [0.2, 0.25) is 11.8 Å². The number of benzene rings is 2. The Labute approximate surface area is 199 Å². The van der Waals surface area contributed by atoms with Crippen LogP contribution in [-0.4, -0.2) is 35.1 Å². The second-order valence-corrected chi connectivity index (χ2v) is 9.32. The summed E-state index contributed by atoms with van der Waals surface area (Å²) in [5, 5.41) is 3.98. The highest BCUT2D eigenvalue weighted by Crippen LogP contribution is 2.25. The number of thioether (sulfide) groups is 1. The van der Waals surface area contributed by atoms with E-state index in [9.17, 15) is 9.59 Å². The van der Waals surface area contributed by atoms with E-state index in [1.165, 1.54) is 17.3 Å². The third kappa shape index (κ3) is 8.06. The number of unbranched alkanes of at least 4 members (excludes halogenated alkanes) is 1. The van der Waals surface area contributed by atoms with Crippen LogP contribution < -0.4 is 5.32 Å². The van der Waals surface area contributed by atoms with E-state index < -0.39 is 6.04 Å². The number of nitrogens with zero attached hydrogens (tertiary/aromatic N) is 1. The standard InChI is InChI=1S/C24H30Cl2N2O2S/c1-4-6-13-27-24(30)22(5-2)28(15-18-9-10-19(25)14-21(18)26)23(29)16-31-20-11-7-17(3)8-12-20/h7-12,14,22H,4-6,13,15-16H2,1-3H3,(H,27,30)/t22-/m1/s1. The molecule has 31 heavy (non-hydrogen) atoms. The van der Waals surface area contributed by atoms with Crippen molar-refractivity contribution in [2.75, 3.05) is 12.3 Å². The summed E-state index contributed by atoms with van der Waals surface area (Å²) in [5.74, 6) is 0.0105. The molecule has 2 aromatic rings. The van der Waals surface area contributed by atoms with Gasteiger partial charge in [0.05, 0.1) is 5.75 Å². The molecule has 0 aliphatic carbocycles. The Morgan fingerprint density at radius 3 is 2.42 bits per heavy atom. The number of amides is 2. The van der Waals surface area contributed by atoms with E-state index >= 15 is 0 Å². The number of rotatable bonds is 11. The average Bonchev–Trinajstić information content (AvgIpc) is 2.74. The number of hydrogen-bond acceptors (Lipinski definition) is 3. The van der Waals surface area contributed by atoms with E-state index in [2.05, 4.69) is 12.2 Å². The van der Waals surface area contributed by atoms with E-state index in [0.29, 0.717) is 23.0 Å². The van der Waals surface area contributed by atoms with Crippen LogP contribution >= 0.6 is 35.0 Å². The van der Waals surface area contributed by atoms with Gasteiger partial charge in [-0.05, 0) is 49.6 Å². The Morgan fingerprint density at radius 2 is 1.81 bits per heavy atom. The normalized spacial score (nSPS) is 11.8. The van der Waals surface area contributed by atoms with Gasteiger partial charge in [-0.2, -0.15) is 0 Å². The molecule has 0 aliphatic rings. The minimum Gasteiger partial charge on any atom is -0.354 e. The fraction of sp³-hybridized carbons (Fsp3) is 0.417. The van der Waals surface area contributed by atoms with Gasteiger partial charge in [0.1, 0.15) is 6.04 Å². The third-order valence-corrected chi connectivity index (χ3v) is 6.54. The molecule has 0 aromatic heterocycles. The van der Waals surface area contributed by atoms with E-state index in [-0.39, 0.29) is 24.1 Å². The number of nitrogens with one attached hydrogen (secondary N) is 1. The van der Waals surface area contributed by atoms with Crippen molar-refractivity contribution >= 4 is 46.8 Å². The smallest absolute Gasteiger partial charge is 0.242 e. The molecule has 2 aromatic carbocycles. The van der Waals surface area contributed by atoms with E-state index in [0.717, 1.165) is 23.3 Å². The zero-order chi connectivity index (χ0) is 22.8. The Balaban J connectivity index is 2.20. The highest BCUT2D eigenvalue weighted by Gasteiger charge is 2.29. The maximum Gasteiger partial charge on any atom is 0.242 e. The van der Waals surface area contributed by atoms with Gasteiger partial charge >= 0.3 is 0 Å². The Kier molecular flexibility index (Phi) is 10.7. The summed E-state index contributed by atoms with van der Waals surface area (Å²) in [7, 11) is 0. The molecule has 1 atom stereocenters. The molecule has 2 amide bonds. The van der Waals surface area contributed by atoms with Gasteiger partial charge in [-0.1, -0.05) is 67.2 Å². The van der Waals surface area contributed by atoms with Gasteiger partial charge < -0.3 is 10.2 Å². The molecule has 0 fully saturated rings. The number of hydrogen-bond donors (Lipinski definition) is 1. The summed E-state index contributed by atoms with van der Waals surface area (Å²) in [5.41, 5.74) is 1.93. The average molecular weight is 481 g/mol. The Morgan fingerprint density at radius 1 is 1.10 bits per heavy atom. The highest BCUT2D eigenvalue weighted by molar-refractivity contribution is 8.00. The van der Waals surface area contributed by atoms with Crippen LogP contribution in [0.4, 0.5) is 0 Å². The quantitative estimate of drug-likeness (QED) is 0.311. The lowest BCUT2D eigenvalue weighted by Gasteiger charge is -2.31. The number of halogens is 2. The van der Waals surface area contributed by atoms with Crippen LogP contribution in [0.2, 0.25) is 10.0 Å². The fourth-order valence-corrected chi connectivity index (χ4v) is 4.37. The van der Waals surface area contributed by atoms with Crippen LogP contribution in [0.1, 0.15) is 44.2 Å². The lowest BCUT2D eigenvalue weighted by Crippen LogP contribution is -2.49. The van der Waals surface area contributed by atoms with Crippen molar-refractivity contribution in [3.63, 3.8) is 0 Å². The molecule has 0 saturated carbocycles. The van der Waals surface area contributed by atoms with Crippen molar-refractivity contribution in [1.29, 1.82) is 0 Å². The first-order chi connectivity index (χ1) is 14.8. The highest BCUT2D eigenvalue weighted by atomic mass is 35.5. The molecule has 0 radical (unpaired) electrons. The van der Waals surface area contributed by atoms with Gasteiger partial charge in [-0.3, -0.25) is 9.59 Å². The summed E-state index contributed by atoms with van der Waals surface area (Å²) in [4.78, 5) is 28.8. The third-order valence-electron chi connectivity index (χ3n) is 4.95. The first-order valence-electron chi connectivity index (χ1n) is 10.6. The molecule has 168 valence electrons. The van der Waals surface area contributed by atoms with Crippen molar-refractivity contribution in [3.05, 3.63) is 63.6 Å². The van der Waals surface area contributed by atoms with Crippen molar-refractivity contribution in [3.8, 4) is 0 Å². The minimum atomic E-state index is -0.560. The molecule has 0 heterocycles. The predicted octanol–water partition coefficient (Wildman–Crippen LogP) is 6.12. The Bertz CT molecular complexity index is 874. The molecule has 4 nitrogen and oxygen atoms in total. The lowest BCUT2D eigenvalue weighted by atomic mass is 10.1. The second-order valence-electron chi connectivity index (χ2n) is 7.43. The van der Waals surface area contributed by atoms with Crippen LogP contribution in [0.25, 0.3) is 0 Å². The lowest BCUT2D eigenvalue weighted by molar-refractivity contribution is -0.139. The molecule has 0 saturated heterocycles. The van der Waals surface area contributed by atoms with Crippen LogP contribution in [-0.2, 0) is 16.1 Å². The zero-order valence-electron chi connectivity index (χ0n) is 18.3. The number of aryl methyl sites for hydroxylation is 1. The van der Waals surface area contributed by atoms with Crippen molar-refractivity contribution in [2.24, 2.45) is 0 Å². The summed E-state index contributed by atoms with van der Waals surface area (Å²) in [6, 6.07) is 12.7. The van der Waals surface area contributed by atoms with Crippen LogP contribution in [0.15, 0.2) is 47.4 Å². The molecule has 0 spiro atoms. The van der Waals surface area contributed by atoms with Gasteiger partial charge in [0.15, 0.2) is 0 Å². The monoisotopic (exact) mass is 480 g/mol. The van der Waals surface area contributed by atoms with Gasteiger partial charge in [-0.25, -0.2) is 0 Å². The number of carbonyl (C=O) groups excluding carboxylic acids is 2. The Hall–Kier alpha value is -1.69. The summed E-state index contributed by atoms with van der Waals surface area (Å²) < 4.78 is 0. The van der Waals surface area contributed by atoms with Crippen molar-refractivity contribution < 1.29 is 9.59 Å². The van der Waals surface area contributed by atoms with Gasteiger partial charge in [0, 0.05) is 28.0 Å². The maximum absolute atomic E-state index is 13.3. The second kappa shape index (κ2) is 13.0. The number of carbonyl (C=O) groups is 2. The summed E-state index contributed by atoms with van der Waals surface area (Å²) in [6.07, 6.45) is 2.42. The molecular weight excluding hydrogens is 451 g/mol. The van der Waals surface area contributed by atoms with Crippen LogP contribution in [0, 0.1) is 6.92 Å². The first kappa shape index (κ1) is 25.6. The minimum absolute atomic E-state index is 0.103. The molecule has 7 heteroatoms. The van der Waals surface area contributed by atoms with Crippen LogP contribution in [0.3, 0.4) is 0 Å². The summed E-state index contributed by atoms with van der Waals surface area (Å²) in [6.45, 7) is 6.88. The first-order valence-corrected chi connectivity index (χ1v) is 12.3. The van der Waals surface area contributed by atoms with Gasteiger partial charge in [-0.15, -0.1) is 11.8 Å². The molecule has 1 N–H and O–H groups in total. The molecule has 0 bridgehead atoms.